The molecule has 0 aromatic heterocycles. The zero-order chi connectivity index (χ0) is 16.8. The Balaban J connectivity index is 0.00000225. The maximum Gasteiger partial charge on any atom is 0.122 e. The molecule has 4 heteroatoms. The summed E-state index contributed by atoms with van der Waals surface area (Å²) in [5, 5.41) is 0. The number of hydrogen-bond donors (Lipinski definition) is 0. The van der Waals surface area contributed by atoms with Crippen LogP contribution in [-0.4, -0.2) is 31.1 Å². The topological polar surface area (TPSA) is 12.5 Å². The number of hydrogen-bond acceptors (Lipinski definition) is 2. The molecule has 0 amide bonds. The fourth-order valence-corrected chi connectivity index (χ4v) is 3.92. The van der Waals surface area contributed by atoms with Crippen LogP contribution >= 0.6 is 28.3 Å². The molecule has 0 spiro atoms. The van der Waals surface area contributed by atoms with Gasteiger partial charge in [-0.3, -0.25) is 0 Å². The lowest BCUT2D eigenvalue weighted by molar-refractivity contribution is 0.232. The Morgan fingerprint density at radius 3 is 2.72 bits per heavy atom. The van der Waals surface area contributed by atoms with Gasteiger partial charge in [0.15, 0.2) is 0 Å². The molecule has 136 valence electrons. The Labute approximate surface area is 166 Å². The molecule has 1 aliphatic rings. The molecule has 0 N–H and O–H groups in total. The van der Waals surface area contributed by atoms with E-state index in [4.69, 9.17) is 4.74 Å². The van der Waals surface area contributed by atoms with Crippen LogP contribution in [0.4, 0.5) is 0 Å². The van der Waals surface area contributed by atoms with E-state index in [2.05, 4.69) is 76.4 Å². The maximum absolute atomic E-state index is 6.12. The van der Waals surface area contributed by atoms with Gasteiger partial charge in [0.05, 0.1) is 6.61 Å². The van der Waals surface area contributed by atoms with Crippen LogP contribution in [0.25, 0.3) is 0 Å². The quantitative estimate of drug-likeness (QED) is 0.580. The summed E-state index contributed by atoms with van der Waals surface area (Å²) in [6, 6.07) is 17.7. The lowest BCUT2D eigenvalue weighted by Crippen LogP contribution is -2.26. The summed E-state index contributed by atoms with van der Waals surface area (Å²) < 4.78 is 7.27. The Morgan fingerprint density at radius 1 is 1.12 bits per heavy atom. The van der Waals surface area contributed by atoms with Crippen molar-refractivity contribution in [2.45, 2.75) is 38.1 Å². The van der Waals surface area contributed by atoms with Gasteiger partial charge in [-0.1, -0.05) is 46.3 Å². The molecule has 1 saturated heterocycles. The van der Waals surface area contributed by atoms with E-state index in [1.54, 1.807) is 0 Å². The van der Waals surface area contributed by atoms with E-state index in [1.165, 1.54) is 30.5 Å². The molecule has 1 heterocycles. The molecular formula is C21H27BrClNO. The van der Waals surface area contributed by atoms with Gasteiger partial charge in [0, 0.05) is 10.5 Å². The molecule has 0 aliphatic carbocycles. The first-order chi connectivity index (χ1) is 11.7. The predicted molar refractivity (Wildman–Crippen MR) is 111 cm³/mol. The van der Waals surface area contributed by atoms with Gasteiger partial charge < -0.3 is 9.64 Å². The Kier molecular flexibility index (Phi) is 8.28. The minimum atomic E-state index is 0. The summed E-state index contributed by atoms with van der Waals surface area (Å²) in [6.07, 6.45) is 5.80. The van der Waals surface area contributed by atoms with Crippen molar-refractivity contribution >= 4 is 28.3 Å². The first kappa shape index (κ1) is 20.3. The van der Waals surface area contributed by atoms with E-state index in [9.17, 15) is 0 Å². The highest BCUT2D eigenvalue weighted by Gasteiger charge is 2.20. The maximum atomic E-state index is 6.12. The summed E-state index contributed by atoms with van der Waals surface area (Å²) in [4.78, 5) is 2.46. The number of benzene rings is 2. The first-order valence-electron chi connectivity index (χ1n) is 8.88. The molecule has 1 aliphatic heterocycles. The SMILES string of the molecule is CN1CCCC1CCOc1ccccc1CCc1cccc(Br)c1.Cl. The summed E-state index contributed by atoms with van der Waals surface area (Å²) >= 11 is 3.55. The van der Waals surface area contributed by atoms with Crippen molar-refractivity contribution in [1.82, 2.24) is 4.90 Å². The van der Waals surface area contributed by atoms with Crippen molar-refractivity contribution in [3.63, 3.8) is 0 Å². The number of likely N-dealkylation sites (tertiary alicyclic amines) is 1. The number of ether oxygens (including phenoxy) is 1. The lowest BCUT2D eigenvalue weighted by Gasteiger charge is -2.20. The minimum absolute atomic E-state index is 0. The monoisotopic (exact) mass is 423 g/mol. The second kappa shape index (κ2) is 10.2. The predicted octanol–water partition coefficient (Wildman–Crippen LogP) is 5.52. The molecule has 2 nitrogen and oxygen atoms in total. The third kappa shape index (κ3) is 6.02. The van der Waals surface area contributed by atoms with Crippen molar-refractivity contribution in [1.29, 1.82) is 0 Å². The van der Waals surface area contributed by atoms with E-state index < -0.39 is 0 Å². The van der Waals surface area contributed by atoms with E-state index in [0.717, 1.165) is 36.1 Å². The lowest BCUT2D eigenvalue weighted by atomic mass is 10.0. The summed E-state index contributed by atoms with van der Waals surface area (Å²) in [5.41, 5.74) is 2.66. The first-order valence-corrected chi connectivity index (χ1v) is 9.67. The van der Waals surface area contributed by atoms with Crippen molar-refractivity contribution < 1.29 is 4.74 Å². The average Bonchev–Trinajstić information content (AvgIpc) is 2.99. The number of halogens is 2. The molecule has 1 unspecified atom stereocenters. The largest absolute Gasteiger partial charge is 0.493 e. The van der Waals surface area contributed by atoms with Crippen LogP contribution in [0.15, 0.2) is 53.0 Å². The van der Waals surface area contributed by atoms with Crippen molar-refractivity contribution in [3.8, 4) is 5.75 Å². The second-order valence-electron chi connectivity index (χ2n) is 6.65. The molecule has 2 aromatic rings. The third-order valence-electron chi connectivity index (χ3n) is 4.92. The van der Waals surface area contributed by atoms with Gasteiger partial charge in [-0.15, -0.1) is 12.4 Å². The van der Waals surface area contributed by atoms with Crippen LogP contribution in [0.1, 0.15) is 30.4 Å². The highest BCUT2D eigenvalue weighted by atomic mass is 79.9. The van der Waals surface area contributed by atoms with E-state index in [1.807, 2.05) is 0 Å². The summed E-state index contributed by atoms with van der Waals surface area (Å²) in [6.45, 7) is 2.04. The van der Waals surface area contributed by atoms with Gasteiger partial charge in [0.2, 0.25) is 0 Å². The third-order valence-corrected chi connectivity index (χ3v) is 5.42. The highest BCUT2D eigenvalue weighted by molar-refractivity contribution is 9.10. The van der Waals surface area contributed by atoms with Crippen molar-refractivity contribution in [2.24, 2.45) is 0 Å². The molecule has 3 rings (SSSR count). The Morgan fingerprint density at radius 2 is 1.96 bits per heavy atom. The number of para-hydroxylation sites is 1. The van der Waals surface area contributed by atoms with E-state index >= 15 is 0 Å². The highest BCUT2D eigenvalue weighted by Crippen LogP contribution is 2.23. The van der Waals surface area contributed by atoms with Crippen LogP contribution in [0, 0.1) is 0 Å². The van der Waals surface area contributed by atoms with Gasteiger partial charge in [0.25, 0.3) is 0 Å². The minimum Gasteiger partial charge on any atom is -0.493 e. The molecular weight excluding hydrogens is 398 g/mol. The molecule has 25 heavy (non-hydrogen) atoms. The fourth-order valence-electron chi connectivity index (χ4n) is 3.47. The van der Waals surface area contributed by atoms with Gasteiger partial charge in [0.1, 0.15) is 5.75 Å². The van der Waals surface area contributed by atoms with E-state index in [0.29, 0.717) is 6.04 Å². The van der Waals surface area contributed by atoms with Gasteiger partial charge in [-0.25, -0.2) is 0 Å². The molecule has 0 saturated carbocycles. The Hall–Kier alpha value is -1.03. The fraction of sp³-hybridized carbons (Fsp3) is 0.429. The van der Waals surface area contributed by atoms with Crippen molar-refractivity contribution in [2.75, 3.05) is 20.2 Å². The van der Waals surface area contributed by atoms with Crippen LogP contribution in [0.2, 0.25) is 0 Å². The molecule has 2 aromatic carbocycles. The molecule has 1 fully saturated rings. The van der Waals surface area contributed by atoms with Crippen LogP contribution in [0.3, 0.4) is 0 Å². The summed E-state index contributed by atoms with van der Waals surface area (Å²) in [7, 11) is 2.23. The second-order valence-corrected chi connectivity index (χ2v) is 7.57. The smallest absolute Gasteiger partial charge is 0.122 e. The number of rotatable bonds is 7. The standard InChI is InChI=1S/C21H26BrNO.ClH/c1-23-14-5-9-20(23)13-15-24-21-10-3-2-7-18(21)12-11-17-6-4-8-19(22)16-17;/h2-4,6-8,10,16,20H,5,9,11-15H2,1H3;1H. The Bertz CT molecular complexity index is 664. The van der Waals surface area contributed by atoms with Gasteiger partial charge >= 0.3 is 0 Å². The summed E-state index contributed by atoms with van der Waals surface area (Å²) in [5.74, 6) is 1.05. The van der Waals surface area contributed by atoms with E-state index in [-0.39, 0.29) is 12.4 Å². The van der Waals surface area contributed by atoms with Gasteiger partial charge in [-0.2, -0.15) is 0 Å². The normalized spacial score (nSPS) is 17.3. The zero-order valence-electron chi connectivity index (χ0n) is 14.8. The van der Waals surface area contributed by atoms with Gasteiger partial charge in [-0.05, 0) is 75.0 Å². The van der Waals surface area contributed by atoms with Crippen molar-refractivity contribution in [3.05, 3.63) is 64.1 Å². The molecule has 0 bridgehead atoms. The average molecular weight is 425 g/mol. The number of aryl methyl sites for hydroxylation is 2. The molecule has 0 radical (unpaired) electrons. The van der Waals surface area contributed by atoms with Crippen LogP contribution in [0.5, 0.6) is 5.75 Å². The number of nitrogens with zero attached hydrogens (tertiary/aromatic N) is 1. The van der Waals surface area contributed by atoms with Crippen LogP contribution in [-0.2, 0) is 12.8 Å². The van der Waals surface area contributed by atoms with Crippen LogP contribution < -0.4 is 4.74 Å². The molecule has 1 atom stereocenters. The zero-order valence-corrected chi connectivity index (χ0v) is 17.2.